The Morgan fingerprint density at radius 2 is 2.15 bits per heavy atom. The summed E-state index contributed by atoms with van der Waals surface area (Å²) in [6.45, 7) is 6.03. The van der Waals surface area contributed by atoms with Crippen molar-refractivity contribution in [2.24, 2.45) is 0 Å². The zero-order chi connectivity index (χ0) is 15.2. The van der Waals surface area contributed by atoms with Crippen LogP contribution in [-0.4, -0.2) is 34.4 Å². The summed E-state index contributed by atoms with van der Waals surface area (Å²) in [5, 5.41) is 0.394. The lowest BCUT2D eigenvalue weighted by Crippen LogP contribution is -2.37. The summed E-state index contributed by atoms with van der Waals surface area (Å²) in [4.78, 5) is 28.0. The number of rotatable bonds is 5. The minimum absolute atomic E-state index is 0.264. The number of amides is 1. The van der Waals surface area contributed by atoms with E-state index in [-0.39, 0.29) is 6.42 Å². The van der Waals surface area contributed by atoms with E-state index in [1.807, 2.05) is 0 Å². The number of halogens is 1. The molecule has 0 aromatic carbocycles. The quantitative estimate of drug-likeness (QED) is 0.619. The van der Waals surface area contributed by atoms with Gasteiger partial charge in [0.25, 0.3) is 0 Å². The maximum absolute atomic E-state index is 12.1. The van der Waals surface area contributed by atoms with E-state index in [9.17, 15) is 9.59 Å². The van der Waals surface area contributed by atoms with Crippen LogP contribution in [0.15, 0.2) is 18.3 Å². The predicted octanol–water partition coefficient (Wildman–Crippen LogP) is 3.06. The van der Waals surface area contributed by atoms with Gasteiger partial charge >= 0.3 is 6.09 Å². The molecule has 5 nitrogen and oxygen atoms in total. The first-order chi connectivity index (χ1) is 9.31. The van der Waals surface area contributed by atoms with Crippen molar-refractivity contribution in [3.05, 3.63) is 29.0 Å². The van der Waals surface area contributed by atoms with Gasteiger partial charge in [-0.1, -0.05) is 17.7 Å². The van der Waals surface area contributed by atoms with Crippen LogP contribution in [0, 0.1) is 0 Å². The van der Waals surface area contributed by atoms with Crippen molar-refractivity contribution in [1.29, 1.82) is 0 Å². The molecule has 0 aliphatic rings. The monoisotopic (exact) mass is 298 g/mol. The lowest BCUT2D eigenvalue weighted by molar-refractivity contribution is -0.108. The third-order valence-electron chi connectivity index (χ3n) is 2.33. The molecule has 0 atom stereocenters. The fourth-order valence-corrected chi connectivity index (χ4v) is 1.60. The molecule has 6 heteroatoms. The lowest BCUT2D eigenvalue weighted by atomic mass is 10.2. The van der Waals surface area contributed by atoms with Crippen LogP contribution in [0.3, 0.4) is 0 Å². The van der Waals surface area contributed by atoms with Gasteiger partial charge < -0.3 is 14.4 Å². The van der Waals surface area contributed by atoms with E-state index >= 15 is 0 Å². The summed E-state index contributed by atoms with van der Waals surface area (Å²) in [7, 11) is 0. The van der Waals surface area contributed by atoms with Crippen LogP contribution in [0.2, 0.25) is 5.15 Å². The predicted molar refractivity (Wildman–Crippen MR) is 76.6 cm³/mol. The molecule has 0 saturated heterocycles. The topological polar surface area (TPSA) is 59.5 Å². The van der Waals surface area contributed by atoms with Crippen molar-refractivity contribution in [3.63, 3.8) is 0 Å². The van der Waals surface area contributed by atoms with Crippen molar-refractivity contribution in [1.82, 2.24) is 9.88 Å². The number of hydrogen-bond acceptors (Lipinski definition) is 4. The highest BCUT2D eigenvalue weighted by Gasteiger charge is 2.22. The Labute approximate surface area is 123 Å². The highest BCUT2D eigenvalue weighted by molar-refractivity contribution is 6.29. The molecule has 0 spiro atoms. The third kappa shape index (κ3) is 6.02. The molecule has 0 aliphatic carbocycles. The first-order valence-corrected chi connectivity index (χ1v) is 6.71. The van der Waals surface area contributed by atoms with Crippen LogP contribution >= 0.6 is 11.6 Å². The number of nitrogens with zero attached hydrogens (tertiary/aromatic N) is 2. The number of pyridine rings is 1. The van der Waals surface area contributed by atoms with Gasteiger partial charge in [-0.3, -0.25) is 0 Å². The normalized spacial score (nSPS) is 11.0. The minimum Gasteiger partial charge on any atom is -0.444 e. The summed E-state index contributed by atoms with van der Waals surface area (Å²) < 4.78 is 5.32. The first-order valence-electron chi connectivity index (χ1n) is 6.34. The van der Waals surface area contributed by atoms with Crippen LogP contribution in [0.4, 0.5) is 4.79 Å². The number of carbonyl (C=O) groups excluding carboxylic acids is 2. The van der Waals surface area contributed by atoms with E-state index in [2.05, 4.69) is 4.98 Å². The molecule has 0 saturated carbocycles. The third-order valence-corrected chi connectivity index (χ3v) is 2.55. The molecular formula is C14H19ClN2O3. The molecular weight excluding hydrogens is 280 g/mol. The van der Waals surface area contributed by atoms with E-state index in [0.717, 1.165) is 11.8 Å². The number of carbonyl (C=O) groups is 2. The number of hydrogen-bond donors (Lipinski definition) is 0. The number of aromatic nitrogens is 1. The summed E-state index contributed by atoms with van der Waals surface area (Å²) in [6.07, 6.45) is 2.19. The molecule has 1 amide bonds. The van der Waals surface area contributed by atoms with E-state index in [0.29, 0.717) is 18.2 Å². The largest absolute Gasteiger partial charge is 0.444 e. The van der Waals surface area contributed by atoms with Gasteiger partial charge in [-0.15, -0.1) is 0 Å². The Hall–Kier alpha value is -1.62. The van der Waals surface area contributed by atoms with Gasteiger partial charge in [0.15, 0.2) is 0 Å². The summed E-state index contributed by atoms with van der Waals surface area (Å²) >= 11 is 5.72. The molecule has 0 bridgehead atoms. The molecule has 0 unspecified atom stereocenters. The van der Waals surface area contributed by atoms with Crippen LogP contribution in [-0.2, 0) is 16.1 Å². The standard InChI is InChI=1S/C14H19ClN2O3/c1-14(2,3)20-13(19)17(7-4-8-18)10-11-5-6-12(15)16-9-11/h5-6,8-9H,4,7,10H2,1-3H3. The van der Waals surface area contributed by atoms with Gasteiger partial charge in [-0.25, -0.2) is 9.78 Å². The van der Waals surface area contributed by atoms with Crippen molar-refractivity contribution < 1.29 is 14.3 Å². The second-order valence-electron chi connectivity index (χ2n) is 5.35. The average molecular weight is 299 g/mol. The number of aldehydes is 1. The van der Waals surface area contributed by atoms with Crippen molar-refractivity contribution in [2.75, 3.05) is 6.54 Å². The fraction of sp³-hybridized carbons (Fsp3) is 0.500. The summed E-state index contributed by atoms with van der Waals surface area (Å²) in [6, 6.07) is 3.44. The molecule has 0 radical (unpaired) electrons. The van der Waals surface area contributed by atoms with Crippen LogP contribution in [0.5, 0.6) is 0 Å². The second kappa shape index (κ2) is 7.24. The molecule has 1 heterocycles. The maximum Gasteiger partial charge on any atom is 0.410 e. The van der Waals surface area contributed by atoms with Gasteiger partial charge in [-0.2, -0.15) is 0 Å². The Morgan fingerprint density at radius 1 is 1.45 bits per heavy atom. The molecule has 1 rings (SSSR count). The van der Waals surface area contributed by atoms with Crippen LogP contribution < -0.4 is 0 Å². The van der Waals surface area contributed by atoms with Gasteiger partial charge in [0.05, 0.1) is 6.54 Å². The van der Waals surface area contributed by atoms with Crippen LogP contribution in [0.1, 0.15) is 32.8 Å². The molecule has 20 heavy (non-hydrogen) atoms. The van der Waals surface area contributed by atoms with Gasteiger partial charge in [0, 0.05) is 19.2 Å². The average Bonchev–Trinajstić information content (AvgIpc) is 2.34. The summed E-state index contributed by atoms with van der Waals surface area (Å²) in [5.41, 5.74) is 0.251. The second-order valence-corrected chi connectivity index (χ2v) is 5.73. The fourth-order valence-electron chi connectivity index (χ4n) is 1.49. The SMILES string of the molecule is CC(C)(C)OC(=O)N(CCC=O)Cc1ccc(Cl)nc1. The Balaban J connectivity index is 2.75. The number of ether oxygens (including phenoxy) is 1. The lowest BCUT2D eigenvalue weighted by Gasteiger charge is -2.27. The van der Waals surface area contributed by atoms with Gasteiger partial charge in [-0.05, 0) is 32.4 Å². The van der Waals surface area contributed by atoms with Gasteiger partial charge in [0.2, 0.25) is 0 Å². The Kier molecular flexibility index (Phi) is 5.95. The maximum atomic E-state index is 12.1. The first kappa shape index (κ1) is 16.4. The van der Waals surface area contributed by atoms with E-state index in [1.165, 1.54) is 4.90 Å². The zero-order valence-electron chi connectivity index (χ0n) is 11.9. The van der Waals surface area contributed by atoms with E-state index < -0.39 is 11.7 Å². The van der Waals surface area contributed by atoms with E-state index in [4.69, 9.17) is 16.3 Å². The van der Waals surface area contributed by atoms with Gasteiger partial charge in [0.1, 0.15) is 17.0 Å². The smallest absolute Gasteiger partial charge is 0.410 e. The zero-order valence-corrected chi connectivity index (χ0v) is 12.7. The molecule has 0 N–H and O–H groups in total. The highest BCUT2D eigenvalue weighted by Crippen LogP contribution is 2.13. The molecule has 110 valence electrons. The minimum atomic E-state index is -0.575. The highest BCUT2D eigenvalue weighted by atomic mass is 35.5. The Bertz CT molecular complexity index is 454. The molecule has 1 aromatic rings. The molecule has 1 aromatic heterocycles. The molecule has 0 fully saturated rings. The van der Waals surface area contributed by atoms with Crippen molar-refractivity contribution in [2.45, 2.75) is 39.3 Å². The van der Waals surface area contributed by atoms with E-state index in [1.54, 1.807) is 39.1 Å². The molecule has 0 aliphatic heterocycles. The van der Waals surface area contributed by atoms with Crippen molar-refractivity contribution >= 4 is 24.0 Å². The summed E-state index contributed by atoms with van der Waals surface area (Å²) in [5.74, 6) is 0. The van der Waals surface area contributed by atoms with Crippen molar-refractivity contribution in [3.8, 4) is 0 Å². The Morgan fingerprint density at radius 3 is 2.65 bits per heavy atom. The van der Waals surface area contributed by atoms with Crippen LogP contribution in [0.25, 0.3) is 0 Å².